The molecule has 1 aliphatic rings. The molecule has 0 aliphatic carbocycles. The summed E-state index contributed by atoms with van der Waals surface area (Å²) >= 11 is 0. The van der Waals surface area contributed by atoms with E-state index < -0.39 is 6.04 Å². The highest BCUT2D eigenvalue weighted by atomic mass is 16.2. The average Bonchev–Trinajstić information content (AvgIpc) is 2.87. The first-order valence-corrected chi connectivity index (χ1v) is 6.29. The molecular weight excluding hydrogens is 230 g/mol. The van der Waals surface area contributed by atoms with Gasteiger partial charge in [-0.15, -0.1) is 0 Å². The van der Waals surface area contributed by atoms with Gasteiger partial charge in [-0.25, -0.2) is 0 Å². The van der Waals surface area contributed by atoms with E-state index in [1.165, 1.54) is 4.57 Å². The van der Waals surface area contributed by atoms with Crippen molar-refractivity contribution in [2.45, 2.75) is 32.7 Å². The van der Waals surface area contributed by atoms with Gasteiger partial charge in [0, 0.05) is 18.8 Å². The molecule has 98 valence electrons. The molecule has 5 nitrogen and oxygen atoms in total. The van der Waals surface area contributed by atoms with Crippen LogP contribution in [0.2, 0.25) is 0 Å². The fourth-order valence-electron chi connectivity index (χ4n) is 2.45. The second kappa shape index (κ2) is 4.84. The number of nitrogen functional groups attached to an aromatic ring is 1. The molecule has 1 unspecified atom stereocenters. The second-order valence-electron chi connectivity index (χ2n) is 4.81. The molecule has 2 heterocycles. The lowest BCUT2D eigenvalue weighted by Crippen LogP contribution is -2.39. The fraction of sp³-hybridized carbons (Fsp3) is 0.538. The number of likely N-dealkylation sites (tertiary alicyclic amines) is 1. The first-order chi connectivity index (χ1) is 8.52. The van der Waals surface area contributed by atoms with E-state index in [1.807, 2.05) is 11.8 Å². The average molecular weight is 249 g/mol. The van der Waals surface area contributed by atoms with Crippen molar-refractivity contribution in [3.63, 3.8) is 0 Å². The number of nitrogens with zero attached hydrogens (tertiary/aromatic N) is 2. The Kier molecular flexibility index (Phi) is 3.41. The van der Waals surface area contributed by atoms with Crippen molar-refractivity contribution in [3.8, 4) is 0 Å². The SMILES string of the molecule is Cc1ccc(N)c(=O)n1C(C)C(=O)N1CCCC1. The molecule has 0 aromatic carbocycles. The molecule has 1 aliphatic heterocycles. The molecule has 2 N–H and O–H groups in total. The van der Waals surface area contributed by atoms with Gasteiger partial charge in [0.2, 0.25) is 5.91 Å². The van der Waals surface area contributed by atoms with Gasteiger partial charge in [-0.2, -0.15) is 0 Å². The Morgan fingerprint density at radius 2 is 1.94 bits per heavy atom. The Labute approximate surface area is 106 Å². The van der Waals surface area contributed by atoms with E-state index in [1.54, 1.807) is 19.1 Å². The highest BCUT2D eigenvalue weighted by Crippen LogP contribution is 2.16. The lowest BCUT2D eigenvalue weighted by molar-refractivity contribution is -0.133. The predicted molar refractivity (Wildman–Crippen MR) is 70.4 cm³/mol. The summed E-state index contributed by atoms with van der Waals surface area (Å²) < 4.78 is 1.48. The first kappa shape index (κ1) is 12.7. The predicted octanol–water partition coefficient (Wildman–Crippen LogP) is 0.922. The van der Waals surface area contributed by atoms with Gasteiger partial charge < -0.3 is 10.6 Å². The molecular formula is C13H19N3O2. The highest BCUT2D eigenvalue weighted by molar-refractivity contribution is 5.80. The number of carbonyl (C=O) groups excluding carboxylic acids is 1. The van der Waals surface area contributed by atoms with Gasteiger partial charge >= 0.3 is 0 Å². The summed E-state index contributed by atoms with van der Waals surface area (Å²) in [5.74, 6) is 0.00306. The Morgan fingerprint density at radius 3 is 2.56 bits per heavy atom. The van der Waals surface area contributed by atoms with Gasteiger partial charge in [0.15, 0.2) is 0 Å². The van der Waals surface area contributed by atoms with Crippen molar-refractivity contribution in [1.29, 1.82) is 0 Å². The Morgan fingerprint density at radius 1 is 1.33 bits per heavy atom. The normalized spacial score (nSPS) is 16.9. The summed E-state index contributed by atoms with van der Waals surface area (Å²) in [5, 5.41) is 0. The van der Waals surface area contributed by atoms with E-state index in [2.05, 4.69) is 0 Å². The molecule has 2 rings (SSSR count). The van der Waals surface area contributed by atoms with Crippen LogP contribution in [0.15, 0.2) is 16.9 Å². The van der Waals surface area contributed by atoms with Gasteiger partial charge in [0.25, 0.3) is 5.56 Å². The first-order valence-electron chi connectivity index (χ1n) is 6.29. The molecule has 1 saturated heterocycles. The number of amides is 1. The van der Waals surface area contributed by atoms with Gasteiger partial charge in [0.1, 0.15) is 6.04 Å². The zero-order chi connectivity index (χ0) is 13.3. The van der Waals surface area contributed by atoms with Gasteiger partial charge in [-0.05, 0) is 38.8 Å². The van der Waals surface area contributed by atoms with Crippen LogP contribution in [-0.4, -0.2) is 28.5 Å². The zero-order valence-electron chi connectivity index (χ0n) is 10.8. The van der Waals surface area contributed by atoms with E-state index in [-0.39, 0.29) is 17.2 Å². The van der Waals surface area contributed by atoms with Crippen molar-refractivity contribution in [2.24, 2.45) is 0 Å². The largest absolute Gasteiger partial charge is 0.394 e. The summed E-state index contributed by atoms with van der Waals surface area (Å²) in [4.78, 5) is 26.1. The van der Waals surface area contributed by atoms with E-state index in [4.69, 9.17) is 5.73 Å². The van der Waals surface area contributed by atoms with E-state index in [9.17, 15) is 9.59 Å². The number of aromatic nitrogens is 1. The number of anilines is 1. The molecule has 18 heavy (non-hydrogen) atoms. The summed E-state index contributed by atoms with van der Waals surface area (Å²) in [7, 11) is 0. The summed E-state index contributed by atoms with van der Waals surface area (Å²) in [6, 6.07) is 2.87. The quantitative estimate of drug-likeness (QED) is 0.847. The summed E-state index contributed by atoms with van der Waals surface area (Å²) in [6.45, 7) is 5.15. The van der Waals surface area contributed by atoms with Crippen molar-refractivity contribution in [1.82, 2.24) is 9.47 Å². The number of pyridine rings is 1. The molecule has 1 aromatic rings. The van der Waals surface area contributed by atoms with Crippen LogP contribution in [0.1, 0.15) is 31.5 Å². The van der Waals surface area contributed by atoms with Crippen LogP contribution in [0.4, 0.5) is 5.69 Å². The van der Waals surface area contributed by atoms with Crippen LogP contribution in [0.25, 0.3) is 0 Å². The molecule has 0 radical (unpaired) electrons. The van der Waals surface area contributed by atoms with Crippen molar-refractivity contribution >= 4 is 11.6 Å². The number of carbonyl (C=O) groups is 1. The van der Waals surface area contributed by atoms with E-state index in [0.717, 1.165) is 31.6 Å². The molecule has 0 bridgehead atoms. The summed E-state index contributed by atoms with van der Waals surface area (Å²) in [5.41, 5.74) is 6.28. The third kappa shape index (κ3) is 2.12. The van der Waals surface area contributed by atoms with Crippen LogP contribution < -0.4 is 11.3 Å². The van der Waals surface area contributed by atoms with Crippen LogP contribution in [-0.2, 0) is 4.79 Å². The number of rotatable bonds is 2. The Hall–Kier alpha value is -1.78. The maximum Gasteiger partial charge on any atom is 0.274 e. The fourth-order valence-corrected chi connectivity index (χ4v) is 2.45. The minimum Gasteiger partial charge on any atom is -0.394 e. The van der Waals surface area contributed by atoms with Gasteiger partial charge in [-0.3, -0.25) is 14.2 Å². The van der Waals surface area contributed by atoms with Crippen LogP contribution in [0.5, 0.6) is 0 Å². The van der Waals surface area contributed by atoms with Gasteiger partial charge in [-0.1, -0.05) is 0 Å². The third-order valence-corrected chi connectivity index (χ3v) is 3.51. The number of hydrogen-bond acceptors (Lipinski definition) is 3. The smallest absolute Gasteiger partial charge is 0.274 e. The molecule has 5 heteroatoms. The molecule has 1 atom stereocenters. The summed E-state index contributed by atoms with van der Waals surface area (Å²) in [6.07, 6.45) is 2.09. The standard InChI is InChI=1S/C13H19N3O2/c1-9-5-6-11(14)13(18)16(9)10(2)12(17)15-7-3-4-8-15/h5-6,10H,3-4,7-8,14H2,1-2H3. The maximum atomic E-state index is 12.3. The number of nitrogens with two attached hydrogens (primary N) is 1. The van der Waals surface area contributed by atoms with Crippen molar-refractivity contribution in [2.75, 3.05) is 18.8 Å². The minimum absolute atomic E-state index is 0.00306. The maximum absolute atomic E-state index is 12.3. The van der Waals surface area contributed by atoms with Crippen LogP contribution in [0, 0.1) is 6.92 Å². The molecule has 1 aromatic heterocycles. The zero-order valence-corrected chi connectivity index (χ0v) is 10.8. The van der Waals surface area contributed by atoms with E-state index >= 15 is 0 Å². The third-order valence-electron chi connectivity index (χ3n) is 3.51. The van der Waals surface area contributed by atoms with Crippen molar-refractivity contribution < 1.29 is 4.79 Å². The number of hydrogen-bond donors (Lipinski definition) is 1. The monoisotopic (exact) mass is 249 g/mol. The van der Waals surface area contributed by atoms with E-state index in [0.29, 0.717) is 0 Å². The molecule has 0 spiro atoms. The number of aryl methyl sites for hydroxylation is 1. The van der Waals surface area contributed by atoms with Crippen LogP contribution in [0.3, 0.4) is 0 Å². The topological polar surface area (TPSA) is 68.3 Å². The van der Waals surface area contributed by atoms with Crippen molar-refractivity contribution in [3.05, 3.63) is 28.2 Å². The minimum atomic E-state index is -0.487. The van der Waals surface area contributed by atoms with Gasteiger partial charge in [0.05, 0.1) is 5.69 Å². The van der Waals surface area contributed by atoms with Crippen LogP contribution >= 0.6 is 0 Å². The molecule has 1 fully saturated rings. The Balaban J connectivity index is 2.33. The molecule has 1 amide bonds. The Bertz CT molecular complexity index is 515. The lowest BCUT2D eigenvalue weighted by Gasteiger charge is -2.23. The highest BCUT2D eigenvalue weighted by Gasteiger charge is 2.25. The lowest BCUT2D eigenvalue weighted by atomic mass is 10.2. The molecule has 0 saturated carbocycles. The second-order valence-corrected chi connectivity index (χ2v) is 4.81.